The Morgan fingerprint density at radius 3 is 2.32 bits per heavy atom. The molecule has 1 heterocycles. The molecule has 1 N–H and O–H groups in total. The van der Waals surface area contributed by atoms with Crippen LogP contribution in [0, 0.1) is 17.3 Å². The number of nitrogens with zero attached hydrogens (tertiary/aromatic N) is 1. The van der Waals surface area contributed by atoms with Crippen LogP contribution in [-0.2, 0) is 23.3 Å². The second-order valence-electron chi connectivity index (χ2n) is 11.7. The Hall–Kier alpha value is -2.33. The minimum Gasteiger partial charge on any atom is -0.497 e. The molecule has 1 amide bonds. The van der Waals surface area contributed by atoms with E-state index < -0.39 is 0 Å². The Bertz CT molecular complexity index is 1030. The molecule has 2 unspecified atom stereocenters. The quantitative estimate of drug-likeness (QED) is 0.600. The van der Waals surface area contributed by atoms with Gasteiger partial charge in [-0.25, -0.2) is 0 Å². The van der Waals surface area contributed by atoms with Gasteiger partial charge < -0.3 is 10.1 Å². The molecule has 5 fully saturated rings. The van der Waals surface area contributed by atoms with Crippen LogP contribution in [0.5, 0.6) is 5.75 Å². The molecule has 2 aromatic carbocycles. The number of rotatable bonds is 7. The molecule has 2 aromatic rings. The van der Waals surface area contributed by atoms with Crippen molar-refractivity contribution in [2.75, 3.05) is 20.2 Å². The van der Waals surface area contributed by atoms with E-state index in [1.165, 1.54) is 61.9 Å². The van der Waals surface area contributed by atoms with Gasteiger partial charge in [-0.1, -0.05) is 36.4 Å². The molecule has 1 saturated heterocycles. The van der Waals surface area contributed by atoms with Gasteiger partial charge in [-0.3, -0.25) is 9.69 Å². The van der Waals surface area contributed by atoms with E-state index in [0.717, 1.165) is 31.6 Å². The van der Waals surface area contributed by atoms with Crippen LogP contribution in [-0.4, -0.2) is 31.0 Å². The molecule has 0 spiro atoms. The first-order valence-corrected chi connectivity index (χ1v) is 13.3. The highest BCUT2D eigenvalue weighted by Crippen LogP contribution is 2.65. The first kappa shape index (κ1) is 22.2. The van der Waals surface area contributed by atoms with E-state index in [-0.39, 0.29) is 10.8 Å². The van der Waals surface area contributed by atoms with Gasteiger partial charge in [-0.15, -0.1) is 0 Å². The van der Waals surface area contributed by atoms with Gasteiger partial charge >= 0.3 is 0 Å². The van der Waals surface area contributed by atoms with Crippen LogP contribution in [0.1, 0.15) is 68.1 Å². The number of likely N-dealkylation sites (tertiary alicyclic amines) is 1. The standard InChI is InChI=1S/C30H38N2O2/c1-34-27-10-8-26(9-11-27)29-15-22-14-23(16-29)18-30(17-22,21-29)28(33)31-19-24-6-2-3-7-25(24)20-32-12-4-5-13-32/h2-3,6-11,22-23H,4-5,12-21H2,1H3,(H,31,33). The van der Waals surface area contributed by atoms with Crippen LogP contribution in [0.3, 0.4) is 0 Å². The summed E-state index contributed by atoms with van der Waals surface area (Å²) in [6.07, 6.45) is 9.55. The minimum atomic E-state index is -0.200. The van der Waals surface area contributed by atoms with Crippen molar-refractivity contribution in [3.05, 3.63) is 65.2 Å². The number of methoxy groups -OCH3 is 1. The van der Waals surface area contributed by atoms with E-state index in [0.29, 0.717) is 24.3 Å². The Morgan fingerprint density at radius 1 is 0.971 bits per heavy atom. The molecule has 4 bridgehead atoms. The summed E-state index contributed by atoms with van der Waals surface area (Å²) in [4.78, 5) is 16.4. The molecule has 4 aliphatic carbocycles. The summed E-state index contributed by atoms with van der Waals surface area (Å²) >= 11 is 0. The molecule has 0 radical (unpaired) electrons. The SMILES string of the molecule is COc1ccc(C23CC4CC(CC(C(=O)NCc5ccccc5CN5CCCC5)(C4)C2)C3)cc1. The van der Waals surface area contributed by atoms with Crippen molar-refractivity contribution in [1.29, 1.82) is 0 Å². The highest BCUT2D eigenvalue weighted by molar-refractivity contribution is 5.83. The third-order valence-corrected chi connectivity index (χ3v) is 9.40. The number of nitrogens with one attached hydrogen (secondary N) is 1. The van der Waals surface area contributed by atoms with Crippen LogP contribution in [0.25, 0.3) is 0 Å². The van der Waals surface area contributed by atoms with Gasteiger partial charge in [0.25, 0.3) is 0 Å². The molecule has 0 aromatic heterocycles. The molecule has 4 heteroatoms. The van der Waals surface area contributed by atoms with Gasteiger partial charge in [0.15, 0.2) is 0 Å². The summed E-state index contributed by atoms with van der Waals surface area (Å²) in [5.74, 6) is 2.57. The van der Waals surface area contributed by atoms with Crippen LogP contribution in [0.4, 0.5) is 0 Å². The minimum absolute atomic E-state index is 0.154. The normalized spacial score (nSPS) is 32.1. The maximum Gasteiger partial charge on any atom is 0.226 e. The van der Waals surface area contributed by atoms with Crippen molar-refractivity contribution in [3.8, 4) is 5.75 Å². The van der Waals surface area contributed by atoms with Crippen molar-refractivity contribution in [3.63, 3.8) is 0 Å². The number of amides is 1. The Morgan fingerprint density at radius 2 is 1.65 bits per heavy atom. The number of hydrogen-bond acceptors (Lipinski definition) is 3. The van der Waals surface area contributed by atoms with Crippen molar-refractivity contribution in [2.24, 2.45) is 17.3 Å². The first-order valence-electron chi connectivity index (χ1n) is 13.3. The Kier molecular flexibility index (Phi) is 5.68. The topological polar surface area (TPSA) is 41.6 Å². The Labute approximate surface area is 204 Å². The van der Waals surface area contributed by atoms with Gasteiger partial charge in [0.1, 0.15) is 5.75 Å². The maximum atomic E-state index is 13.9. The predicted octanol–water partition coefficient (Wildman–Crippen LogP) is 5.45. The lowest BCUT2D eigenvalue weighted by molar-refractivity contribution is -0.149. The number of hydrogen-bond donors (Lipinski definition) is 1. The summed E-state index contributed by atoms with van der Waals surface area (Å²) in [6.45, 7) is 4.04. The van der Waals surface area contributed by atoms with Gasteiger partial charge in [-0.05, 0) is 111 Å². The number of benzene rings is 2. The summed E-state index contributed by atoms with van der Waals surface area (Å²) in [5.41, 5.74) is 4.01. The van der Waals surface area contributed by atoms with Crippen LogP contribution < -0.4 is 10.1 Å². The third-order valence-electron chi connectivity index (χ3n) is 9.40. The average molecular weight is 459 g/mol. The molecule has 4 nitrogen and oxygen atoms in total. The van der Waals surface area contributed by atoms with Crippen molar-refractivity contribution < 1.29 is 9.53 Å². The predicted molar refractivity (Wildman–Crippen MR) is 135 cm³/mol. The summed E-state index contributed by atoms with van der Waals surface area (Å²) in [6, 6.07) is 17.4. The molecule has 2 atom stereocenters. The molecular weight excluding hydrogens is 420 g/mol. The second-order valence-corrected chi connectivity index (χ2v) is 11.7. The first-order chi connectivity index (χ1) is 16.6. The molecule has 5 aliphatic rings. The average Bonchev–Trinajstić information content (AvgIpc) is 3.36. The monoisotopic (exact) mass is 458 g/mol. The van der Waals surface area contributed by atoms with Crippen molar-refractivity contribution in [2.45, 2.75) is 69.9 Å². The van der Waals surface area contributed by atoms with Crippen LogP contribution >= 0.6 is 0 Å². The van der Waals surface area contributed by atoms with Crippen molar-refractivity contribution >= 4 is 5.91 Å². The molecule has 1 aliphatic heterocycles. The number of carbonyl (C=O) groups is 1. The van der Waals surface area contributed by atoms with Gasteiger partial charge in [0.2, 0.25) is 5.91 Å². The molecular formula is C30H38N2O2. The third kappa shape index (κ3) is 3.94. The van der Waals surface area contributed by atoms with E-state index in [1.807, 2.05) is 0 Å². The number of carbonyl (C=O) groups excluding carboxylic acids is 1. The lowest BCUT2D eigenvalue weighted by Gasteiger charge is -2.61. The van der Waals surface area contributed by atoms with Crippen molar-refractivity contribution in [1.82, 2.24) is 10.2 Å². The second kappa shape index (κ2) is 8.71. The van der Waals surface area contributed by atoms with Crippen LogP contribution in [0.15, 0.2) is 48.5 Å². The highest BCUT2D eigenvalue weighted by atomic mass is 16.5. The zero-order valence-corrected chi connectivity index (χ0v) is 20.5. The smallest absolute Gasteiger partial charge is 0.226 e. The van der Waals surface area contributed by atoms with Gasteiger partial charge in [0, 0.05) is 13.1 Å². The zero-order chi connectivity index (χ0) is 23.2. The van der Waals surface area contributed by atoms with E-state index in [1.54, 1.807) is 7.11 Å². The Balaban J connectivity index is 1.20. The number of ether oxygens (including phenoxy) is 1. The zero-order valence-electron chi connectivity index (χ0n) is 20.5. The van der Waals surface area contributed by atoms with E-state index >= 15 is 0 Å². The fraction of sp³-hybridized carbons (Fsp3) is 0.567. The lowest BCUT2D eigenvalue weighted by atomic mass is 9.42. The molecule has 180 valence electrons. The van der Waals surface area contributed by atoms with E-state index in [2.05, 4.69) is 58.7 Å². The summed E-state index contributed by atoms with van der Waals surface area (Å²) in [7, 11) is 1.72. The van der Waals surface area contributed by atoms with Gasteiger partial charge in [-0.2, -0.15) is 0 Å². The van der Waals surface area contributed by atoms with Crippen LogP contribution in [0.2, 0.25) is 0 Å². The fourth-order valence-corrected chi connectivity index (χ4v) is 8.24. The largest absolute Gasteiger partial charge is 0.497 e. The molecule has 7 rings (SSSR count). The van der Waals surface area contributed by atoms with E-state index in [4.69, 9.17) is 4.74 Å². The summed E-state index contributed by atoms with van der Waals surface area (Å²) < 4.78 is 5.40. The highest BCUT2D eigenvalue weighted by Gasteiger charge is 2.60. The van der Waals surface area contributed by atoms with E-state index in [9.17, 15) is 4.79 Å². The fourth-order valence-electron chi connectivity index (χ4n) is 8.24. The molecule has 4 saturated carbocycles. The maximum absolute atomic E-state index is 13.9. The lowest BCUT2D eigenvalue weighted by Crippen LogP contribution is -2.59. The summed E-state index contributed by atoms with van der Waals surface area (Å²) in [5, 5.41) is 3.43. The molecule has 34 heavy (non-hydrogen) atoms. The van der Waals surface area contributed by atoms with Gasteiger partial charge in [0.05, 0.1) is 12.5 Å².